The van der Waals surface area contributed by atoms with E-state index >= 15 is 0 Å². The number of carbonyl (C=O) groups is 1. The Labute approximate surface area is 186 Å². The molecule has 7 nitrogen and oxygen atoms in total. The van der Waals surface area contributed by atoms with Crippen molar-refractivity contribution in [3.8, 4) is 5.75 Å². The largest absolute Gasteiger partial charge is 0.494 e. The van der Waals surface area contributed by atoms with Crippen LogP contribution in [0.15, 0.2) is 41.3 Å². The predicted molar refractivity (Wildman–Crippen MR) is 123 cm³/mol. The summed E-state index contributed by atoms with van der Waals surface area (Å²) in [5, 5.41) is 0.891. The zero-order valence-electron chi connectivity index (χ0n) is 17.8. The maximum Gasteiger partial charge on any atom is 0.238 e. The fourth-order valence-electron chi connectivity index (χ4n) is 3.63. The molecule has 0 radical (unpaired) electrons. The molecule has 0 spiro atoms. The third-order valence-electron chi connectivity index (χ3n) is 5.51. The molecule has 2 aromatic carbocycles. The van der Waals surface area contributed by atoms with Gasteiger partial charge in [-0.3, -0.25) is 4.79 Å². The van der Waals surface area contributed by atoms with Crippen molar-refractivity contribution in [3.05, 3.63) is 47.5 Å². The van der Waals surface area contributed by atoms with Gasteiger partial charge in [-0.25, -0.2) is 13.4 Å². The summed E-state index contributed by atoms with van der Waals surface area (Å²) in [7, 11) is -2.01. The van der Waals surface area contributed by atoms with Crippen LogP contribution in [0.5, 0.6) is 5.75 Å². The zero-order valence-corrected chi connectivity index (χ0v) is 19.4. The van der Waals surface area contributed by atoms with Gasteiger partial charge < -0.3 is 14.5 Å². The highest BCUT2D eigenvalue weighted by atomic mass is 32.2. The molecule has 164 valence electrons. The highest BCUT2D eigenvalue weighted by molar-refractivity contribution is 7.92. The van der Waals surface area contributed by atoms with Gasteiger partial charge in [0.25, 0.3) is 0 Å². The molecule has 0 saturated carbocycles. The molecule has 1 fully saturated rings. The first-order valence-electron chi connectivity index (χ1n) is 10.0. The number of carbonyl (C=O) groups excluding carboxylic acids is 1. The number of methoxy groups -OCH3 is 1. The van der Waals surface area contributed by atoms with Crippen molar-refractivity contribution in [2.45, 2.75) is 18.7 Å². The molecule has 1 aliphatic heterocycles. The number of benzene rings is 2. The van der Waals surface area contributed by atoms with Crippen LogP contribution >= 0.6 is 11.3 Å². The number of sulfone groups is 1. The van der Waals surface area contributed by atoms with Gasteiger partial charge in [0.05, 0.1) is 16.7 Å². The molecule has 0 N–H and O–H groups in total. The molecular weight excluding hydrogens is 434 g/mol. The third-order valence-corrected chi connectivity index (χ3v) is 8.38. The average Bonchev–Trinajstić information content (AvgIpc) is 3.21. The van der Waals surface area contributed by atoms with E-state index in [4.69, 9.17) is 9.72 Å². The molecule has 1 amide bonds. The number of aromatic nitrogens is 1. The van der Waals surface area contributed by atoms with E-state index < -0.39 is 15.6 Å². The number of thiazole rings is 1. The number of hydrogen-bond donors (Lipinski definition) is 0. The number of amides is 1. The van der Waals surface area contributed by atoms with Crippen molar-refractivity contribution in [2.24, 2.45) is 0 Å². The summed E-state index contributed by atoms with van der Waals surface area (Å²) in [4.78, 5) is 21.4. The Morgan fingerprint density at radius 2 is 1.74 bits per heavy atom. The molecule has 1 saturated heterocycles. The smallest absolute Gasteiger partial charge is 0.238 e. The Morgan fingerprint density at radius 3 is 2.39 bits per heavy atom. The first-order valence-corrected chi connectivity index (χ1v) is 12.5. The van der Waals surface area contributed by atoms with Gasteiger partial charge in [-0.15, -0.1) is 0 Å². The van der Waals surface area contributed by atoms with Crippen molar-refractivity contribution in [1.29, 1.82) is 0 Å². The van der Waals surface area contributed by atoms with E-state index in [9.17, 15) is 13.2 Å². The number of piperazine rings is 1. The second-order valence-electron chi connectivity index (χ2n) is 7.70. The molecule has 31 heavy (non-hydrogen) atoms. The molecule has 0 atom stereocenters. The van der Waals surface area contributed by atoms with E-state index in [1.807, 2.05) is 19.1 Å². The summed E-state index contributed by atoms with van der Waals surface area (Å²) in [6.07, 6.45) is 0. The van der Waals surface area contributed by atoms with Crippen LogP contribution < -0.4 is 9.64 Å². The molecule has 0 aliphatic carbocycles. The summed E-state index contributed by atoms with van der Waals surface area (Å²) in [5.41, 5.74) is 2.98. The lowest BCUT2D eigenvalue weighted by Crippen LogP contribution is -2.50. The summed E-state index contributed by atoms with van der Waals surface area (Å²) in [6, 6.07) is 10.5. The van der Waals surface area contributed by atoms with E-state index in [2.05, 4.69) is 11.8 Å². The molecule has 0 bridgehead atoms. The van der Waals surface area contributed by atoms with Crippen molar-refractivity contribution < 1.29 is 17.9 Å². The number of fused-ring (bicyclic) bond motifs is 1. The van der Waals surface area contributed by atoms with Gasteiger partial charge in [-0.05, 0) is 37.6 Å². The molecule has 2 heterocycles. The quantitative estimate of drug-likeness (QED) is 0.584. The molecule has 1 aliphatic rings. The monoisotopic (exact) mass is 459 g/mol. The first kappa shape index (κ1) is 21.6. The van der Waals surface area contributed by atoms with Crippen LogP contribution in [0.4, 0.5) is 5.13 Å². The average molecular weight is 460 g/mol. The van der Waals surface area contributed by atoms with Gasteiger partial charge >= 0.3 is 0 Å². The second kappa shape index (κ2) is 8.47. The van der Waals surface area contributed by atoms with Crippen LogP contribution in [0.1, 0.15) is 11.1 Å². The Bertz CT molecular complexity index is 1210. The number of ether oxygens (including phenoxy) is 1. The van der Waals surface area contributed by atoms with Crippen LogP contribution in [0.3, 0.4) is 0 Å². The SMILES string of the molecule is COc1ccc(C)c2sc(N3CCN(C(=O)CS(=O)(=O)c4ccc(C)cc4)CC3)nc12. The van der Waals surface area contributed by atoms with Crippen LogP contribution in [0, 0.1) is 13.8 Å². The molecular formula is C22H25N3O4S2. The number of anilines is 1. The zero-order chi connectivity index (χ0) is 22.2. The fourth-order valence-corrected chi connectivity index (χ4v) is 5.96. The molecule has 4 rings (SSSR count). The topological polar surface area (TPSA) is 79.8 Å². The fraction of sp³-hybridized carbons (Fsp3) is 0.364. The van der Waals surface area contributed by atoms with Gasteiger partial charge in [0, 0.05) is 26.2 Å². The van der Waals surface area contributed by atoms with Gasteiger partial charge in [-0.1, -0.05) is 35.1 Å². The van der Waals surface area contributed by atoms with Crippen molar-refractivity contribution in [3.63, 3.8) is 0 Å². The first-order chi connectivity index (χ1) is 14.8. The van der Waals surface area contributed by atoms with E-state index in [1.54, 1.807) is 47.6 Å². The number of aryl methyl sites for hydroxylation is 2. The minimum Gasteiger partial charge on any atom is -0.494 e. The highest BCUT2D eigenvalue weighted by Crippen LogP contribution is 2.36. The van der Waals surface area contributed by atoms with Gasteiger partial charge in [0.15, 0.2) is 15.0 Å². The lowest BCUT2D eigenvalue weighted by atomic mass is 10.2. The number of rotatable bonds is 5. The number of nitrogens with zero attached hydrogens (tertiary/aromatic N) is 3. The summed E-state index contributed by atoms with van der Waals surface area (Å²) < 4.78 is 31.7. The van der Waals surface area contributed by atoms with E-state index in [0.717, 1.165) is 32.2 Å². The van der Waals surface area contributed by atoms with E-state index in [-0.39, 0.29) is 10.8 Å². The van der Waals surface area contributed by atoms with Gasteiger partial charge in [-0.2, -0.15) is 0 Å². The molecule has 1 aromatic heterocycles. The second-order valence-corrected chi connectivity index (χ2v) is 10.7. The Kier molecular flexibility index (Phi) is 5.90. The third kappa shape index (κ3) is 4.38. The van der Waals surface area contributed by atoms with Crippen molar-refractivity contribution in [2.75, 3.05) is 43.9 Å². The molecule has 0 unspecified atom stereocenters. The van der Waals surface area contributed by atoms with E-state index in [0.29, 0.717) is 26.2 Å². The van der Waals surface area contributed by atoms with Crippen LogP contribution in [-0.4, -0.2) is 63.3 Å². The van der Waals surface area contributed by atoms with Crippen molar-refractivity contribution in [1.82, 2.24) is 9.88 Å². The minimum absolute atomic E-state index is 0.184. The maximum atomic E-state index is 12.7. The summed E-state index contributed by atoms with van der Waals surface area (Å²) in [5.74, 6) is -0.117. The van der Waals surface area contributed by atoms with Crippen LogP contribution in [-0.2, 0) is 14.6 Å². The van der Waals surface area contributed by atoms with Crippen molar-refractivity contribution >= 4 is 42.4 Å². The molecule has 3 aromatic rings. The predicted octanol–water partition coefficient (Wildman–Crippen LogP) is 3.04. The Morgan fingerprint density at radius 1 is 1.06 bits per heavy atom. The highest BCUT2D eigenvalue weighted by Gasteiger charge is 2.27. The van der Waals surface area contributed by atoms with E-state index in [1.165, 1.54) is 0 Å². The lowest BCUT2D eigenvalue weighted by Gasteiger charge is -2.34. The minimum atomic E-state index is -3.65. The van der Waals surface area contributed by atoms with Gasteiger partial charge in [0.1, 0.15) is 17.0 Å². The van der Waals surface area contributed by atoms with Gasteiger partial charge in [0.2, 0.25) is 5.91 Å². The maximum absolute atomic E-state index is 12.7. The normalized spacial score (nSPS) is 14.8. The summed E-state index contributed by atoms with van der Waals surface area (Å²) in [6.45, 7) is 6.09. The lowest BCUT2D eigenvalue weighted by molar-refractivity contribution is -0.128. The van der Waals surface area contributed by atoms with Crippen LogP contribution in [0.2, 0.25) is 0 Å². The summed E-state index contributed by atoms with van der Waals surface area (Å²) >= 11 is 1.61. The Balaban J connectivity index is 1.43. The molecule has 9 heteroatoms. The Hall–Kier alpha value is -2.65. The van der Waals surface area contributed by atoms with Crippen LogP contribution in [0.25, 0.3) is 10.2 Å². The number of hydrogen-bond acceptors (Lipinski definition) is 7. The standard InChI is InChI=1S/C22H25N3O4S2/c1-15-4-7-17(8-5-15)31(27,28)14-19(26)24-10-12-25(13-11-24)22-23-20-18(29-3)9-6-16(2)21(20)30-22/h4-9H,10-14H2,1-3H3.